The predicted octanol–water partition coefficient (Wildman–Crippen LogP) is 3.05. The van der Waals surface area contributed by atoms with Crippen LogP contribution >= 0.6 is 11.6 Å². The van der Waals surface area contributed by atoms with Gasteiger partial charge in [-0.25, -0.2) is 9.59 Å². The van der Waals surface area contributed by atoms with Gasteiger partial charge in [-0.3, -0.25) is 10.1 Å². The molecule has 0 spiro atoms. The topological polar surface area (TPSA) is 93.7 Å². The van der Waals surface area contributed by atoms with E-state index in [0.717, 1.165) is 0 Å². The zero-order valence-corrected chi connectivity index (χ0v) is 16.6. The molecule has 1 aromatic carbocycles. The van der Waals surface area contributed by atoms with Gasteiger partial charge in [0.1, 0.15) is 5.75 Å². The number of amides is 3. The number of nitrogens with one attached hydrogen (secondary N) is 2. The second-order valence-corrected chi connectivity index (χ2v) is 7.74. The molecule has 1 rings (SSSR count). The second-order valence-electron chi connectivity index (χ2n) is 7.31. The Hall–Kier alpha value is -2.28. The first-order valence-corrected chi connectivity index (χ1v) is 8.46. The van der Waals surface area contributed by atoms with E-state index in [1.807, 2.05) is 0 Å². The highest BCUT2D eigenvalue weighted by Crippen LogP contribution is 2.22. The van der Waals surface area contributed by atoms with Crippen molar-refractivity contribution < 1.29 is 23.9 Å². The van der Waals surface area contributed by atoms with Gasteiger partial charge in [-0.1, -0.05) is 11.6 Å². The molecule has 144 valence electrons. The van der Waals surface area contributed by atoms with Gasteiger partial charge < -0.3 is 14.8 Å². The molecule has 1 aromatic rings. The number of carbonyl (C=O) groups is 3. The minimum absolute atomic E-state index is 0.429. The fourth-order valence-corrected chi connectivity index (χ4v) is 1.91. The summed E-state index contributed by atoms with van der Waals surface area (Å²) in [7, 11) is 0. The second kappa shape index (κ2) is 8.40. The Labute approximate surface area is 158 Å². The van der Waals surface area contributed by atoms with Gasteiger partial charge in [0.2, 0.25) is 0 Å². The Kier molecular flexibility index (Phi) is 7.03. The third-order valence-electron chi connectivity index (χ3n) is 3.06. The highest BCUT2D eigenvalue weighted by atomic mass is 35.5. The number of halogens is 1. The molecule has 0 bridgehead atoms. The van der Waals surface area contributed by atoms with Crippen LogP contribution in [0.3, 0.4) is 0 Å². The van der Waals surface area contributed by atoms with Crippen molar-refractivity contribution in [2.45, 2.75) is 58.8 Å². The molecule has 8 heteroatoms. The van der Waals surface area contributed by atoms with E-state index in [4.69, 9.17) is 21.1 Å². The molecule has 0 saturated heterocycles. The molecule has 26 heavy (non-hydrogen) atoms. The van der Waals surface area contributed by atoms with Gasteiger partial charge in [-0.2, -0.15) is 0 Å². The maximum atomic E-state index is 12.3. The van der Waals surface area contributed by atoms with Gasteiger partial charge in [-0.05, 0) is 65.8 Å². The van der Waals surface area contributed by atoms with Crippen molar-refractivity contribution in [2.75, 3.05) is 0 Å². The van der Waals surface area contributed by atoms with Crippen molar-refractivity contribution in [3.8, 4) is 5.75 Å². The largest absolute Gasteiger partial charge is 0.476 e. The van der Waals surface area contributed by atoms with Gasteiger partial charge >= 0.3 is 12.0 Å². The SMILES string of the molecule is CC(OC(=O)C(C)(C)Oc1ccc(Cl)cc1)C(=O)NC(=O)NC(C)(C)C. The summed E-state index contributed by atoms with van der Waals surface area (Å²) in [6, 6.07) is 5.82. The number of carbonyl (C=O) groups excluding carboxylic acids is 3. The number of imide groups is 1. The lowest BCUT2D eigenvalue weighted by molar-refractivity contribution is -0.167. The summed E-state index contributed by atoms with van der Waals surface area (Å²) in [4.78, 5) is 36.0. The van der Waals surface area contributed by atoms with Crippen LogP contribution in [0.25, 0.3) is 0 Å². The van der Waals surface area contributed by atoms with Crippen LogP contribution in [0.4, 0.5) is 4.79 Å². The van der Waals surface area contributed by atoms with Crippen LogP contribution in [-0.2, 0) is 14.3 Å². The molecule has 0 saturated carbocycles. The summed E-state index contributed by atoms with van der Waals surface area (Å²) in [6.07, 6.45) is -1.17. The third kappa shape index (κ3) is 7.31. The normalized spacial score (nSPS) is 12.7. The zero-order chi connectivity index (χ0) is 20.1. The first-order valence-electron chi connectivity index (χ1n) is 8.09. The molecule has 1 atom stereocenters. The predicted molar refractivity (Wildman–Crippen MR) is 98.1 cm³/mol. The smallest absolute Gasteiger partial charge is 0.350 e. The van der Waals surface area contributed by atoms with Crippen LogP contribution in [0.5, 0.6) is 5.75 Å². The van der Waals surface area contributed by atoms with Crippen molar-refractivity contribution in [3.05, 3.63) is 29.3 Å². The number of esters is 1. The van der Waals surface area contributed by atoms with E-state index in [0.29, 0.717) is 10.8 Å². The first-order chi connectivity index (χ1) is 11.8. The molecule has 0 aliphatic rings. The summed E-state index contributed by atoms with van der Waals surface area (Å²) in [6.45, 7) is 9.73. The van der Waals surface area contributed by atoms with Crippen molar-refractivity contribution >= 4 is 29.5 Å². The summed E-state index contributed by atoms with van der Waals surface area (Å²) in [5.74, 6) is -1.05. The molecule has 1 unspecified atom stereocenters. The zero-order valence-electron chi connectivity index (χ0n) is 15.8. The highest BCUT2D eigenvalue weighted by Gasteiger charge is 2.34. The third-order valence-corrected chi connectivity index (χ3v) is 3.31. The van der Waals surface area contributed by atoms with E-state index in [1.54, 1.807) is 45.0 Å². The lowest BCUT2D eigenvalue weighted by atomic mass is 10.1. The molecule has 2 N–H and O–H groups in total. The minimum atomic E-state index is -1.34. The van der Waals surface area contributed by atoms with E-state index in [2.05, 4.69) is 10.6 Å². The van der Waals surface area contributed by atoms with Crippen molar-refractivity contribution in [3.63, 3.8) is 0 Å². The molecule has 3 amide bonds. The van der Waals surface area contributed by atoms with Gasteiger partial charge in [0.05, 0.1) is 0 Å². The Balaban J connectivity index is 2.62. The average molecular weight is 385 g/mol. The molecule has 0 aliphatic heterocycles. The summed E-state index contributed by atoms with van der Waals surface area (Å²) < 4.78 is 10.7. The number of benzene rings is 1. The fraction of sp³-hybridized carbons (Fsp3) is 0.500. The molecular weight excluding hydrogens is 360 g/mol. The number of hydrogen-bond donors (Lipinski definition) is 2. The van der Waals surface area contributed by atoms with Crippen LogP contribution in [-0.4, -0.2) is 35.2 Å². The lowest BCUT2D eigenvalue weighted by Gasteiger charge is -2.26. The molecule has 0 fully saturated rings. The Morgan fingerprint density at radius 2 is 1.58 bits per heavy atom. The van der Waals surface area contributed by atoms with Crippen LogP contribution in [0.15, 0.2) is 24.3 Å². The molecule has 0 aliphatic carbocycles. The Morgan fingerprint density at radius 3 is 2.08 bits per heavy atom. The van der Waals surface area contributed by atoms with E-state index in [-0.39, 0.29) is 0 Å². The highest BCUT2D eigenvalue weighted by molar-refractivity contribution is 6.30. The molecular formula is C18H25ClN2O5. The number of hydrogen-bond acceptors (Lipinski definition) is 5. The van der Waals surface area contributed by atoms with E-state index in [1.165, 1.54) is 20.8 Å². The Bertz CT molecular complexity index is 665. The summed E-state index contributed by atoms with van der Waals surface area (Å²) >= 11 is 5.81. The molecule has 0 aromatic heterocycles. The van der Waals surface area contributed by atoms with E-state index >= 15 is 0 Å². The minimum Gasteiger partial charge on any atom is -0.476 e. The van der Waals surface area contributed by atoms with Crippen LogP contribution in [0.1, 0.15) is 41.5 Å². The van der Waals surface area contributed by atoms with Crippen molar-refractivity contribution in [1.82, 2.24) is 10.6 Å². The first kappa shape index (κ1) is 21.8. The molecule has 0 radical (unpaired) electrons. The van der Waals surface area contributed by atoms with Gasteiger partial charge in [-0.15, -0.1) is 0 Å². The number of urea groups is 1. The van der Waals surface area contributed by atoms with Gasteiger partial charge in [0.15, 0.2) is 11.7 Å². The van der Waals surface area contributed by atoms with Crippen LogP contribution in [0.2, 0.25) is 5.02 Å². The van der Waals surface area contributed by atoms with E-state index in [9.17, 15) is 14.4 Å². The summed E-state index contributed by atoms with van der Waals surface area (Å²) in [5, 5.41) is 5.24. The maximum absolute atomic E-state index is 12.3. The quantitative estimate of drug-likeness (QED) is 0.761. The van der Waals surface area contributed by atoms with Crippen molar-refractivity contribution in [1.29, 1.82) is 0 Å². The molecule has 7 nitrogen and oxygen atoms in total. The number of rotatable bonds is 5. The fourth-order valence-electron chi connectivity index (χ4n) is 1.78. The van der Waals surface area contributed by atoms with Gasteiger partial charge in [0, 0.05) is 10.6 Å². The Morgan fingerprint density at radius 1 is 1.04 bits per heavy atom. The number of ether oxygens (including phenoxy) is 2. The van der Waals surface area contributed by atoms with Gasteiger partial charge in [0.25, 0.3) is 5.91 Å². The standard InChI is InChI=1S/C18H25ClN2O5/c1-11(14(22)20-16(24)21-17(2,3)4)25-15(23)18(5,6)26-13-9-7-12(19)8-10-13/h7-11H,1-6H3,(H2,20,21,22,24). The van der Waals surface area contributed by atoms with Crippen LogP contribution in [0, 0.1) is 0 Å². The monoisotopic (exact) mass is 384 g/mol. The van der Waals surface area contributed by atoms with E-state index < -0.39 is 35.2 Å². The maximum Gasteiger partial charge on any atom is 0.350 e. The average Bonchev–Trinajstić information content (AvgIpc) is 2.47. The molecule has 0 heterocycles. The van der Waals surface area contributed by atoms with Crippen molar-refractivity contribution in [2.24, 2.45) is 0 Å². The van der Waals surface area contributed by atoms with Crippen LogP contribution < -0.4 is 15.4 Å². The lowest BCUT2D eigenvalue weighted by Crippen LogP contribution is -2.51. The summed E-state index contributed by atoms with van der Waals surface area (Å²) in [5.41, 5.74) is -1.84.